The van der Waals surface area contributed by atoms with Gasteiger partial charge in [0, 0.05) is 43.6 Å². The molecule has 0 saturated carbocycles. The zero-order chi connectivity index (χ0) is 24.4. The van der Waals surface area contributed by atoms with E-state index in [0.717, 1.165) is 6.42 Å². The van der Waals surface area contributed by atoms with E-state index in [9.17, 15) is 13.2 Å². The third kappa shape index (κ3) is 4.56. The van der Waals surface area contributed by atoms with Gasteiger partial charge < -0.3 is 9.64 Å². The fourth-order valence-corrected chi connectivity index (χ4v) is 6.98. The van der Waals surface area contributed by atoms with Crippen LogP contribution in [-0.4, -0.2) is 81.3 Å². The Balaban J connectivity index is 1.50. The molecule has 1 amide bonds. The van der Waals surface area contributed by atoms with Gasteiger partial charge in [-0.3, -0.25) is 4.79 Å². The van der Waals surface area contributed by atoms with E-state index in [0.29, 0.717) is 43.1 Å². The fraction of sp³-hybridized carbons (Fsp3) is 0.435. The maximum Gasteiger partial charge on any atom is 0.244 e. The van der Waals surface area contributed by atoms with Crippen LogP contribution >= 0.6 is 0 Å². The van der Waals surface area contributed by atoms with Crippen LogP contribution in [0.2, 0.25) is 0 Å². The van der Waals surface area contributed by atoms with Crippen LogP contribution in [-0.2, 0) is 26.1 Å². The Kier molecular flexibility index (Phi) is 6.58. The highest BCUT2D eigenvalue weighted by Crippen LogP contribution is 2.37. The molecule has 0 aliphatic carbocycles. The minimum absolute atomic E-state index is 0.142. The highest BCUT2D eigenvalue weighted by Gasteiger charge is 2.50. The molecule has 3 atom stereocenters. The lowest BCUT2D eigenvalue weighted by Gasteiger charge is -2.40. The summed E-state index contributed by atoms with van der Waals surface area (Å²) in [4.78, 5) is 23.9. The number of ether oxygens (including phenoxy) is 1. The van der Waals surface area contributed by atoms with Crippen molar-refractivity contribution in [2.75, 3.05) is 20.3 Å². The van der Waals surface area contributed by atoms with Crippen molar-refractivity contribution in [1.82, 2.24) is 34.6 Å². The van der Waals surface area contributed by atoms with Gasteiger partial charge in [0.05, 0.1) is 24.2 Å². The van der Waals surface area contributed by atoms with Crippen molar-refractivity contribution in [2.45, 2.75) is 42.8 Å². The summed E-state index contributed by atoms with van der Waals surface area (Å²) in [5, 5.41) is 10.5. The second kappa shape index (κ2) is 9.80. The molecule has 2 saturated heterocycles. The zero-order valence-electron chi connectivity index (χ0n) is 19.3. The van der Waals surface area contributed by atoms with Crippen LogP contribution in [0.25, 0.3) is 11.4 Å². The van der Waals surface area contributed by atoms with Gasteiger partial charge >= 0.3 is 0 Å². The number of amides is 1. The Labute approximate surface area is 203 Å². The third-order valence-corrected chi connectivity index (χ3v) is 8.61. The lowest BCUT2D eigenvalue weighted by molar-refractivity contribution is -0.135. The van der Waals surface area contributed by atoms with E-state index in [4.69, 9.17) is 4.74 Å². The molecular weight excluding hydrogens is 470 g/mol. The van der Waals surface area contributed by atoms with Crippen molar-refractivity contribution in [3.63, 3.8) is 0 Å². The van der Waals surface area contributed by atoms with Gasteiger partial charge in [-0.1, -0.05) is 0 Å². The molecule has 11 nitrogen and oxygen atoms in total. The first-order valence-electron chi connectivity index (χ1n) is 11.5. The van der Waals surface area contributed by atoms with E-state index in [1.54, 1.807) is 60.9 Å². The van der Waals surface area contributed by atoms with Gasteiger partial charge in [0.2, 0.25) is 15.9 Å². The molecule has 1 aromatic carbocycles. The number of hydrogen-bond acceptors (Lipinski definition) is 8. The van der Waals surface area contributed by atoms with Crippen molar-refractivity contribution < 1.29 is 17.9 Å². The van der Waals surface area contributed by atoms with E-state index in [2.05, 4.69) is 25.4 Å². The van der Waals surface area contributed by atoms with Crippen molar-refractivity contribution >= 4 is 15.9 Å². The number of benzene rings is 1. The van der Waals surface area contributed by atoms with Gasteiger partial charge in [-0.25, -0.2) is 18.4 Å². The van der Waals surface area contributed by atoms with Crippen LogP contribution in [0.1, 0.15) is 25.0 Å². The van der Waals surface area contributed by atoms with Gasteiger partial charge in [0.15, 0.2) is 5.82 Å². The van der Waals surface area contributed by atoms with Crippen LogP contribution in [0.15, 0.2) is 53.8 Å². The number of sulfonamides is 1. The number of aromatic nitrogens is 5. The minimum atomic E-state index is -3.96. The molecule has 12 heteroatoms. The second-order valence-electron chi connectivity index (χ2n) is 8.84. The summed E-state index contributed by atoms with van der Waals surface area (Å²) in [7, 11) is -2.36. The molecule has 35 heavy (non-hydrogen) atoms. The molecular formula is C23H27N7O4S. The minimum Gasteiger partial charge on any atom is -0.384 e. The highest BCUT2D eigenvalue weighted by atomic mass is 32.2. The molecule has 2 bridgehead atoms. The first-order valence-corrected chi connectivity index (χ1v) is 13.0. The number of piperidine rings is 1. The Bertz CT molecular complexity index is 1250. The molecule has 1 N–H and O–H groups in total. The van der Waals surface area contributed by atoms with Crippen LogP contribution in [0.4, 0.5) is 0 Å². The number of hydrogen-bond donors (Lipinski definition) is 1. The number of carbonyl (C=O) groups excluding carboxylic acids is 1. The molecule has 0 radical (unpaired) electrons. The molecule has 2 aliphatic rings. The van der Waals surface area contributed by atoms with Gasteiger partial charge in [-0.2, -0.15) is 19.7 Å². The largest absolute Gasteiger partial charge is 0.384 e. The van der Waals surface area contributed by atoms with E-state index in [1.165, 1.54) is 4.31 Å². The molecule has 2 aliphatic heterocycles. The smallest absolute Gasteiger partial charge is 0.244 e. The average molecular weight is 498 g/mol. The number of fused-ring (bicyclic) bond motifs is 2. The van der Waals surface area contributed by atoms with Crippen molar-refractivity contribution in [1.29, 1.82) is 0 Å². The maximum atomic E-state index is 14.0. The topological polar surface area (TPSA) is 134 Å². The number of aromatic amines is 1. The number of rotatable bonds is 7. The Morgan fingerprint density at radius 2 is 1.91 bits per heavy atom. The lowest BCUT2D eigenvalue weighted by Crippen LogP contribution is -2.55. The normalized spacial score (nSPS) is 23.3. The fourth-order valence-electron chi connectivity index (χ4n) is 5.10. The Hall–Kier alpha value is -3.22. The molecule has 5 rings (SSSR count). The Morgan fingerprint density at radius 3 is 2.60 bits per heavy atom. The zero-order valence-corrected chi connectivity index (χ0v) is 20.1. The molecule has 2 fully saturated rings. The Morgan fingerprint density at radius 1 is 1.14 bits per heavy atom. The van der Waals surface area contributed by atoms with Crippen molar-refractivity contribution in [3.8, 4) is 11.4 Å². The lowest BCUT2D eigenvalue weighted by atomic mass is 9.91. The van der Waals surface area contributed by atoms with E-state index in [-0.39, 0.29) is 29.3 Å². The second-order valence-corrected chi connectivity index (χ2v) is 10.7. The predicted molar refractivity (Wildman–Crippen MR) is 125 cm³/mol. The summed E-state index contributed by atoms with van der Waals surface area (Å²) in [6, 6.07) is 7.11. The van der Waals surface area contributed by atoms with Gasteiger partial charge in [-0.15, -0.1) is 0 Å². The van der Waals surface area contributed by atoms with Crippen LogP contribution < -0.4 is 0 Å². The highest BCUT2D eigenvalue weighted by molar-refractivity contribution is 7.89. The molecule has 4 heterocycles. The first-order chi connectivity index (χ1) is 17.0. The van der Waals surface area contributed by atoms with E-state index >= 15 is 0 Å². The van der Waals surface area contributed by atoms with Gasteiger partial charge in [0.25, 0.3) is 0 Å². The summed E-state index contributed by atoms with van der Waals surface area (Å²) in [6.07, 6.45) is 6.76. The molecule has 0 spiro atoms. The number of nitrogens with zero attached hydrogens (tertiary/aromatic N) is 6. The predicted octanol–water partition coefficient (Wildman–Crippen LogP) is 1.48. The van der Waals surface area contributed by atoms with E-state index < -0.39 is 16.1 Å². The van der Waals surface area contributed by atoms with E-state index in [1.807, 2.05) is 0 Å². The summed E-state index contributed by atoms with van der Waals surface area (Å²) >= 11 is 0. The SMILES string of the molecule is COC[C@H]1CN(Cc2cn[nH]n2)C(=O)C2CCC[C@@H]1N2S(=O)(=O)c1ccc(-c2ncccn2)cc1. The summed E-state index contributed by atoms with van der Waals surface area (Å²) in [5.74, 6) is 0.129. The number of H-pyrrole nitrogens is 1. The number of methoxy groups -OCH3 is 1. The first kappa shape index (κ1) is 23.5. The number of nitrogens with one attached hydrogen (secondary N) is 1. The molecule has 3 aromatic rings. The van der Waals surface area contributed by atoms with Crippen LogP contribution in [0, 0.1) is 5.92 Å². The summed E-state index contributed by atoms with van der Waals surface area (Å²) < 4.78 is 34.9. The molecule has 184 valence electrons. The van der Waals surface area contributed by atoms with Crippen molar-refractivity contribution in [3.05, 3.63) is 54.6 Å². The van der Waals surface area contributed by atoms with Gasteiger partial charge in [-0.05, 0) is 49.6 Å². The average Bonchev–Trinajstić information content (AvgIpc) is 3.39. The van der Waals surface area contributed by atoms with Crippen LogP contribution in [0.5, 0.6) is 0 Å². The maximum absolute atomic E-state index is 14.0. The summed E-state index contributed by atoms with van der Waals surface area (Å²) in [5.41, 5.74) is 1.34. The quantitative estimate of drug-likeness (QED) is 0.519. The monoisotopic (exact) mass is 497 g/mol. The standard InChI is InChI=1S/C23H27N7O4S/c1-34-15-17-13-29(14-18-12-26-28-27-18)23(31)21-5-2-4-20(17)30(21)35(32,33)19-8-6-16(7-9-19)22-24-10-3-11-25-22/h3,6-12,17,20-21H,2,4-5,13-15H2,1H3,(H,26,27,28)/t17-,20+,21?/m1/s1. The third-order valence-electron chi connectivity index (χ3n) is 6.66. The van der Waals surface area contributed by atoms with Crippen LogP contribution in [0.3, 0.4) is 0 Å². The molecule has 2 aromatic heterocycles. The number of carbonyl (C=O) groups is 1. The van der Waals surface area contributed by atoms with Crippen molar-refractivity contribution in [2.24, 2.45) is 5.92 Å². The van der Waals surface area contributed by atoms with Gasteiger partial charge in [0.1, 0.15) is 11.7 Å². The summed E-state index contributed by atoms with van der Waals surface area (Å²) in [6.45, 7) is 0.992. The molecule has 1 unspecified atom stereocenters.